The zero-order valence-electron chi connectivity index (χ0n) is 18.5. The summed E-state index contributed by atoms with van der Waals surface area (Å²) in [5.74, 6) is 2.62. The van der Waals surface area contributed by atoms with Gasteiger partial charge in [0.25, 0.3) is 0 Å². The van der Waals surface area contributed by atoms with E-state index in [0.29, 0.717) is 17.8 Å². The number of piperazine rings is 1. The van der Waals surface area contributed by atoms with E-state index < -0.39 is 10.8 Å². The van der Waals surface area contributed by atoms with Gasteiger partial charge in [-0.2, -0.15) is 0 Å². The highest BCUT2D eigenvalue weighted by atomic mass is 127. The van der Waals surface area contributed by atoms with Gasteiger partial charge >= 0.3 is 0 Å². The molecule has 0 bridgehead atoms. The number of likely N-dealkylation sites (N-methyl/N-ethyl adjacent to an activating group) is 1. The first kappa shape index (κ1) is 25.3. The Morgan fingerprint density at radius 2 is 2.07 bits per heavy atom. The number of anilines is 1. The molecule has 0 spiro atoms. The number of aromatic nitrogens is 1. The summed E-state index contributed by atoms with van der Waals surface area (Å²) in [6.07, 6.45) is 6.18. The third kappa shape index (κ3) is 7.33. The third-order valence-electron chi connectivity index (χ3n) is 5.94. The largest absolute Gasteiger partial charge is 0.354 e. The van der Waals surface area contributed by atoms with Crippen LogP contribution in [0.15, 0.2) is 23.3 Å². The summed E-state index contributed by atoms with van der Waals surface area (Å²) >= 11 is 0. The Morgan fingerprint density at radius 1 is 1.30 bits per heavy atom. The Labute approximate surface area is 201 Å². The number of hydrogen-bond donors (Lipinski definition) is 2. The van der Waals surface area contributed by atoms with E-state index in [1.165, 1.54) is 5.56 Å². The number of guanidine groups is 1. The molecule has 170 valence electrons. The Hall–Kier alpha value is -0.940. The van der Waals surface area contributed by atoms with E-state index in [1.54, 1.807) is 0 Å². The lowest BCUT2D eigenvalue weighted by Gasteiger charge is -2.33. The second-order valence-electron chi connectivity index (χ2n) is 8.04. The maximum absolute atomic E-state index is 12.2. The zero-order chi connectivity index (χ0) is 20.6. The van der Waals surface area contributed by atoms with Crippen LogP contribution in [0, 0.1) is 0 Å². The normalized spacial score (nSPS) is 24.1. The van der Waals surface area contributed by atoms with E-state index in [0.717, 1.165) is 69.4 Å². The fourth-order valence-electron chi connectivity index (χ4n) is 4.10. The number of nitrogens with zero attached hydrogens (tertiary/aromatic N) is 4. The van der Waals surface area contributed by atoms with E-state index in [-0.39, 0.29) is 24.0 Å². The van der Waals surface area contributed by atoms with Gasteiger partial charge in [-0.3, -0.25) is 9.20 Å². The number of halogens is 1. The molecular weight excluding hydrogens is 511 g/mol. The minimum Gasteiger partial charge on any atom is -0.354 e. The molecule has 0 radical (unpaired) electrons. The molecule has 0 amide bonds. The quantitative estimate of drug-likeness (QED) is 0.323. The first-order chi connectivity index (χ1) is 14.1. The average molecular weight is 549 g/mol. The van der Waals surface area contributed by atoms with Crippen LogP contribution in [0.1, 0.15) is 38.2 Å². The van der Waals surface area contributed by atoms with Crippen molar-refractivity contribution in [3.8, 4) is 0 Å². The fourth-order valence-corrected chi connectivity index (χ4v) is 5.45. The van der Waals surface area contributed by atoms with E-state index in [2.05, 4.69) is 49.6 Å². The third-order valence-corrected chi connectivity index (χ3v) is 7.68. The van der Waals surface area contributed by atoms with Gasteiger partial charge in [-0.1, -0.05) is 13.3 Å². The van der Waals surface area contributed by atoms with Gasteiger partial charge in [0.15, 0.2) is 5.96 Å². The molecular formula is C21H37IN6OS. The molecule has 3 unspecified atom stereocenters. The molecule has 9 heteroatoms. The zero-order valence-corrected chi connectivity index (χ0v) is 21.6. The molecule has 3 atom stereocenters. The summed E-state index contributed by atoms with van der Waals surface area (Å²) in [7, 11) is 3.27. The van der Waals surface area contributed by atoms with Crippen LogP contribution in [0.3, 0.4) is 0 Å². The van der Waals surface area contributed by atoms with Gasteiger partial charge in [-0.05, 0) is 44.0 Å². The van der Waals surface area contributed by atoms with Crippen LogP contribution in [0.4, 0.5) is 5.82 Å². The molecule has 0 aromatic carbocycles. The number of aliphatic imine (C=N–C) groups is 1. The first-order valence-electron chi connectivity index (χ1n) is 10.8. The summed E-state index contributed by atoms with van der Waals surface area (Å²) in [6.45, 7) is 6.91. The molecule has 1 aliphatic heterocycles. The molecule has 1 saturated heterocycles. The monoisotopic (exact) mass is 548 g/mol. The standard InChI is InChI=1S/C21H36N6OS.HI/c1-4-29(28)19-7-5-6-18(15-19)25-21(22-2)24-16-17-8-9-23-20(14-17)27-12-10-26(3)11-13-27;/h8-9,14,18-19H,4-7,10-13,15-16H2,1-3H3,(H2,22,24,25);1H. The molecule has 7 nitrogen and oxygen atoms in total. The molecule has 30 heavy (non-hydrogen) atoms. The van der Waals surface area contributed by atoms with E-state index in [4.69, 9.17) is 0 Å². The lowest BCUT2D eigenvalue weighted by molar-refractivity contribution is 0.312. The van der Waals surface area contributed by atoms with Crippen LogP contribution in [0.2, 0.25) is 0 Å². The average Bonchev–Trinajstić information content (AvgIpc) is 2.77. The Kier molecular flexibility index (Phi) is 10.8. The lowest BCUT2D eigenvalue weighted by Crippen LogP contribution is -2.46. The van der Waals surface area contributed by atoms with Crippen molar-refractivity contribution in [2.24, 2.45) is 4.99 Å². The highest BCUT2D eigenvalue weighted by Gasteiger charge is 2.26. The summed E-state index contributed by atoms with van der Waals surface area (Å²) in [5, 5.41) is 7.29. The molecule has 2 aliphatic rings. The van der Waals surface area contributed by atoms with Crippen molar-refractivity contribution in [2.75, 3.05) is 50.9 Å². The van der Waals surface area contributed by atoms with Crippen LogP contribution in [0.25, 0.3) is 0 Å². The molecule has 3 rings (SSSR count). The molecule has 2 N–H and O–H groups in total. The molecule has 1 saturated carbocycles. The molecule has 1 aliphatic carbocycles. The number of rotatable bonds is 6. The van der Waals surface area contributed by atoms with Gasteiger partial charge in [0.2, 0.25) is 0 Å². The molecule has 1 aromatic heterocycles. The van der Waals surface area contributed by atoms with Crippen LogP contribution in [0.5, 0.6) is 0 Å². The molecule has 2 fully saturated rings. The topological polar surface area (TPSA) is 72.9 Å². The Morgan fingerprint density at radius 3 is 2.77 bits per heavy atom. The van der Waals surface area contributed by atoms with Gasteiger partial charge in [0.1, 0.15) is 5.82 Å². The van der Waals surface area contributed by atoms with E-state index >= 15 is 0 Å². The first-order valence-corrected chi connectivity index (χ1v) is 12.2. The van der Waals surface area contributed by atoms with Crippen molar-refractivity contribution >= 4 is 46.6 Å². The molecule has 2 heterocycles. The summed E-state index contributed by atoms with van der Waals surface area (Å²) in [6, 6.07) is 4.57. The van der Waals surface area contributed by atoms with Crippen molar-refractivity contribution in [1.82, 2.24) is 20.5 Å². The van der Waals surface area contributed by atoms with Crippen LogP contribution in [-0.2, 0) is 17.3 Å². The maximum atomic E-state index is 12.2. The predicted molar refractivity (Wildman–Crippen MR) is 137 cm³/mol. The van der Waals surface area contributed by atoms with E-state index in [1.807, 2.05) is 20.2 Å². The van der Waals surface area contributed by atoms with Gasteiger partial charge < -0.3 is 20.4 Å². The van der Waals surface area contributed by atoms with Gasteiger partial charge in [-0.25, -0.2) is 4.98 Å². The highest BCUT2D eigenvalue weighted by Crippen LogP contribution is 2.23. The second kappa shape index (κ2) is 12.8. The Bertz CT molecular complexity index is 710. The minimum absolute atomic E-state index is 0. The fraction of sp³-hybridized carbons (Fsp3) is 0.714. The highest BCUT2D eigenvalue weighted by molar-refractivity contribution is 14.0. The Balaban J connectivity index is 0.00000320. The van der Waals surface area contributed by atoms with Gasteiger partial charge in [-0.15, -0.1) is 24.0 Å². The van der Waals surface area contributed by atoms with Crippen LogP contribution in [-0.4, -0.2) is 77.4 Å². The number of hydrogen-bond acceptors (Lipinski definition) is 5. The molecule has 1 aromatic rings. The summed E-state index contributed by atoms with van der Waals surface area (Å²) in [4.78, 5) is 13.7. The minimum atomic E-state index is -0.707. The predicted octanol–water partition coefficient (Wildman–Crippen LogP) is 2.20. The van der Waals surface area contributed by atoms with Crippen LogP contribution < -0.4 is 15.5 Å². The van der Waals surface area contributed by atoms with Crippen molar-refractivity contribution in [3.05, 3.63) is 23.9 Å². The maximum Gasteiger partial charge on any atom is 0.191 e. The number of nitrogens with one attached hydrogen (secondary N) is 2. The SMILES string of the molecule is CCS(=O)C1CCCC(NC(=NC)NCc2ccnc(N3CCN(C)CC3)c2)C1.I. The van der Waals surface area contributed by atoms with Crippen LogP contribution >= 0.6 is 24.0 Å². The lowest BCUT2D eigenvalue weighted by atomic mass is 9.95. The second-order valence-corrected chi connectivity index (χ2v) is 10.0. The smallest absolute Gasteiger partial charge is 0.191 e. The van der Waals surface area contributed by atoms with Crippen molar-refractivity contribution in [3.63, 3.8) is 0 Å². The van der Waals surface area contributed by atoms with E-state index in [9.17, 15) is 4.21 Å². The van der Waals surface area contributed by atoms with Crippen molar-refractivity contribution in [1.29, 1.82) is 0 Å². The summed E-state index contributed by atoms with van der Waals surface area (Å²) in [5.41, 5.74) is 1.20. The van der Waals surface area contributed by atoms with Gasteiger partial charge in [0, 0.05) is 73.8 Å². The van der Waals surface area contributed by atoms with Gasteiger partial charge in [0.05, 0.1) is 0 Å². The van der Waals surface area contributed by atoms with Crippen molar-refractivity contribution < 1.29 is 4.21 Å². The van der Waals surface area contributed by atoms with Crippen molar-refractivity contribution in [2.45, 2.75) is 50.4 Å². The summed E-state index contributed by atoms with van der Waals surface area (Å²) < 4.78 is 12.2. The number of pyridine rings is 1.